The molecule has 206 valence electrons. The Kier molecular flexibility index (Phi) is 9.16. The average Bonchev–Trinajstić information content (AvgIpc) is 3.19. The van der Waals surface area contributed by atoms with Crippen LogP contribution in [-0.4, -0.2) is 30.5 Å². The standard InChI is InChI=1S/C32H55NO3/c1-22(2)9-8-10-23(3)27-13-14-28-26-12-11-24-21-25(36-30(35)33-19-6-7-20-34)15-17-31(24,4)29(26)16-18-32(27,28)5/h11,22-23,25-29,34H,6-10,12-21H2,1-5H3,(H,33,35)/t23-,25?,26?,27-,28?,29?,31+,32-/m1/s1. The van der Waals surface area contributed by atoms with E-state index in [9.17, 15) is 4.79 Å². The number of rotatable bonds is 10. The van der Waals surface area contributed by atoms with Gasteiger partial charge in [-0.3, -0.25) is 0 Å². The Bertz CT molecular complexity index is 777. The molecular weight excluding hydrogens is 446 g/mol. The van der Waals surface area contributed by atoms with Crippen LogP contribution in [0.5, 0.6) is 0 Å². The van der Waals surface area contributed by atoms with Crippen LogP contribution < -0.4 is 5.32 Å². The summed E-state index contributed by atoms with van der Waals surface area (Å²) in [6, 6.07) is 0. The number of fused-ring (bicyclic) bond motifs is 5. The SMILES string of the molecule is CC(C)CCC[C@@H](C)[C@H]1CCC2C3CC=C4CC(OC(=O)NCCCCO)CC[C@]4(C)C3CC[C@@]21C. The summed E-state index contributed by atoms with van der Waals surface area (Å²) in [6.07, 6.45) is 18.0. The van der Waals surface area contributed by atoms with Crippen molar-refractivity contribution in [3.63, 3.8) is 0 Å². The third-order valence-corrected chi connectivity index (χ3v) is 11.4. The summed E-state index contributed by atoms with van der Waals surface area (Å²) < 4.78 is 5.82. The molecule has 4 aliphatic carbocycles. The van der Waals surface area contributed by atoms with E-state index in [0.717, 1.165) is 67.6 Å². The lowest BCUT2D eigenvalue weighted by Crippen LogP contribution is -2.51. The fourth-order valence-electron chi connectivity index (χ4n) is 9.37. The van der Waals surface area contributed by atoms with Gasteiger partial charge in [0.15, 0.2) is 0 Å². The molecule has 0 aliphatic heterocycles. The van der Waals surface area contributed by atoms with Crippen LogP contribution in [-0.2, 0) is 4.74 Å². The molecule has 3 fully saturated rings. The summed E-state index contributed by atoms with van der Waals surface area (Å²) in [4.78, 5) is 12.3. The molecule has 0 aromatic heterocycles. The molecule has 0 aromatic rings. The molecule has 8 atom stereocenters. The predicted molar refractivity (Wildman–Crippen MR) is 148 cm³/mol. The van der Waals surface area contributed by atoms with E-state index in [2.05, 4.69) is 46.0 Å². The number of hydrogen-bond acceptors (Lipinski definition) is 3. The highest BCUT2D eigenvalue weighted by Crippen LogP contribution is 2.67. The number of amides is 1. The lowest BCUT2D eigenvalue weighted by atomic mass is 9.47. The van der Waals surface area contributed by atoms with E-state index in [1.165, 1.54) is 51.4 Å². The van der Waals surface area contributed by atoms with Crippen LogP contribution in [0.1, 0.15) is 118 Å². The molecule has 0 radical (unpaired) electrons. The molecular formula is C32H55NO3. The molecule has 1 amide bonds. The second-order valence-electron chi connectivity index (χ2n) is 13.9. The van der Waals surface area contributed by atoms with Crippen LogP contribution in [0.25, 0.3) is 0 Å². The Morgan fingerprint density at radius 1 is 1.06 bits per heavy atom. The van der Waals surface area contributed by atoms with Crippen molar-refractivity contribution in [1.82, 2.24) is 5.32 Å². The molecule has 3 saturated carbocycles. The molecule has 0 aromatic carbocycles. The van der Waals surface area contributed by atoms with Crippen LogP contribution in [0.2, 0.25) is 0 Å². The van der Waals surface area contributed by atoms with Crippen molar-refractivity contribution in [2.45, 2.75) is 124 Å². The molecule has 4 unspecified atom stereocenters. The molecule has 0 spiro atoms. The number of carbonyl (C=O) groups excluding carboxylic acids is 1. The van der Waals surface area contributed by atoms with Gasteiger partial charge in [0.2, 0.25) is 0 Å². The second kappa shape index (κ2) is 11.8. The number of carbonyl (C=O) groups is 1. The third kappa shape index (κ3) is 5.69. The maximum atomic E-state index is 12.3. The first kappa shape index (κ1) is 28.0. The molecule has 0 saturated heterocycles. The first-order valence-electron chi connectivity index (χ1n) is 15.4. The van der Waals surface area contributed by atoms with Gasteiger partial charge >= 0.3 is 6.09 Å². The number of aliphatic hydroxyl groups is 1. The van der Waals surface area contributed by atoms with Gasteiger partial charge in [0.25, 0.3) is 0 Å². The van der Waals surface area contributed by atoms with Crippen LogP contribution in [0.3, 0.4) is 0 Å². The summed E-state index contributed by atoms with van der Waals surface area (Å²) in [5, 5.41) is 11.8. The van der Waals surface area contributed by atoms with Crippen LogP contribution in [0.4, 0.5) is 4.79 Å². The van der Waals surface area contributed by atoms with Crippen molar-refractivity contribution in [3.05, 3.63) is 11.6 Å². The van der Waals surface area contributed by atoms with Crippen LogP contribution in [0, 0.1) is 46.3 Å². The highest BCUT2D eigenvalue weighted by molar-refractivity contribution is 5.67. The molecule has 0 heterocycles. The summed E-state index contributed by atoms with van der Waals surface area (Å²) in [5.74, 6) is 5.14. The molecule has 4 rings (SSSR count). The van der Waals surface area contributed by atoms with E-state index >= 15 is 0 Å². The smallest absolute Gasteiger partial charge is 0.407 e. The minimum absolute atomic E-state index is 0.00937. The van der Waals surface area contributed by atoms with Crippen molar-refractivity contribution in [2.24, 2.45) is 46.3 Å². The minimum Gasteiger partial charge on any atom is -0.446 e. The largest absolute Gasteiger partial charge is 0.446 e. The lowest BCUT2D eigenvalue weighted by molar-refractivity contribution is -0.0581. The first-order valence-corrected chi connectivity index (χ1v) is 15.4. The molecule has 36 heavy (non-hydrogen) atoms. The fraction of sp³-hybridized carbons (Fsp3) is 0.906. The van der Waals surface area contributed by atoms with Gasteiger partial charge in [-0.1, -0.05) is 65.5 Å². The number of alkyl carbamates (subject to hydrolysis) is 1. The van der Waals surface area contributed by atoms with E-state index in [1.54, 1.807) is 5.57 Å². The number of hydrogen-bond donors (Lipinski definition) is 2. The van der Waals surface area contributed by atoms with E-state index in [1.807, 2.05) is 0 Å². The highest BCUT2D eigenvalue weighted by atomic mass is 16.6. The molecule has 4 aliphatic rings. The van der Waals surface area contributed by atoms with Gasteiger partial charge in [0.05, 0.1) is 0 Å². The fourth-order valence-corrected chi connectivity index (χ4v) is 9.37. The number of aliphatic hydroxyl groups excluding tert-OH is 1. The van der Waals surface area contributed by atoms with Gasteiger partial charge in [-0.2, -0.15) is 0 Å². The Morgan fingerprint density at radius 3 is 2.61 bits per heavy atom. The summed E-state index contributed by atoms with van der Waals surface area (Å²) in [5.41, 5.74) is 2.41. The van der Waals surface area contributed by atoms with E-state index in [0.29, 0.717) is 17.4 Å². The van der Waals surface area contributed by atoms with Crippen LogP contribution in [0.15, 0.2) is 11.6 Å². The Morgan fingerprint density at radius 2 is 1.86 bits per heavy atom. The van der Waals surface area contributed by atoms with Gasteiger partial charge in [0.1, 0.15) is 6.10 Å². The van der Waals surface area contributed by atoms with Gasteiger partial charge in [0, 0.05) is 19.6 Å². The number of allylic oxidation sites excluding steroid dienone is 1. The van der Waals surface area contributed by atoms with E-state index in [-0.39, 0.29) is 18.8 Å². The minimum atomic E-state index is -0.288. The van der Waals surface area contributed by atoms with Gasteiger partial charge in [-0.15, -0.1) is 0 Å². The Labute approximate surface area is 221 Å². The zero-order valence-electron chi connectivity index (χ0n) is 24.0. The molecule has 0 bridgehead atoms. The van der Waals surface area contributed by atoms with Crippen LogP contribution >= 0.6 is 0 Å². The van der Waals surface area contributed by atoms with Gasteiger partial charge < -0.3 is 15.2 Å². The predicted octanol–water partition coefficient (Wildman–Crippen LogP) is 7.90. The van der Waals surface area contributed by atoms with Crippen molar-refractivity contribution >= 4 is 6.09 Å². The summed E-state index contributed by atoms with van der Waals surface area (Å²) in [7, 11) is 0. The van der Waals surface area contributed by atoms with E-state index < -0.39 is 0 Å². The zero-order chi connectivity index (χ0) is 25.9. The Hall–Kier alpha value is -1.03. The molecule has 4 nitrogen and oxygen atoms in total. The molecule has 2 N–H and O–H groups in total. The highest BCUT2D eigenvalue weighted by Gasteiger charge is 2.59. The normalized spacial score (nSPS) is 38.5. The summed E-state index contributed by atoms with van der Waals surface area (Å²) >= 11 is 0. The topological polar surface area (TPSA) is 58.6 Å². The monoisotopic (exact) mass is 501 g/mol. The van der Waals surface area contributed by atoms with E-state index in [4.69, 9.17) is 9.84 Å². The molecule has 4 heteroatoms. The van der Waals surface area contributed by atoms with Crippen molar-refractivity contribution in [1.29, 1.82) is 0 Å². The second-order valence-corrected chi connectivity index (χ2v) is 13.9. The van der Waals surface area contributed by atoms with Gasteiger partial charge in [-0.25, -0.2) is 4.79 Å². The van der Waals surface area contributed by atoms with Gasteiger partial charge in [-0.05, 0) is 104 Å². The third-order valence-electron chi connectivity index (χ3n) is 11.4. The van der Waals surface area contributed by atoms with Crippen molar-refractivity contribution in [2.75, 3.05) is 13.2 Å². The summed E-state index contributed by atoms with van der Waals surface area (Å²) in [6.45, 7) is 13.3. The first-order chi connectivity index (χ1) is 17.2. The maximum Gasteiger partial charge on any atom is 0.407 e. The average molecular weight is 502 g/mol. The Balaban J connectivity index is 1.36. The van der Waals surface area contributed by atoms with Crippen molar-refractivity contribution in [3.8, 4) is 0 Å². The van der Waals surface area contributed by atoms with Crippen molar-refractivity contribution < 1.29 is 14.6 Å². The lowest BCUT2D eigenvalue weighted by Gasteiger charge is -2.58. The zero-order valence-corrected chi connectivity index (χ0v) is 24.0. The number of nitrogens with one attached hydrogen (secondary N) is 1. The number of unbranched alkanes of at least 4 members (excludes halogenated alkanes) is 1. The maximum absolute atomic E-state index is 12.3. The number of ether oxygens (including phenoxy) is 1. The quantitative estimate of drug-likeness (QED) is 0.236.